The number of hydrogen-bond donors (Lipinski definition) is 2. The van der Waals surface area contributed by atoms with E-state index in [-0.39, 0.29) is 12.8 Å². The number of hydrogen-bond acceptors (Lipinski definition) is 8. The van der Waals surface area contributed by atoms with E-state index in [4.69, 9.17) is 10.8 Å². The number of amides is 3. The van der Waals surface area contributed by atoms with Gasteiger partial charge >= 0.3 is 0 Å². The molecule has 0 spiro atoms. The number of aryl methyl sites for hydroxylation is 2. The Kier molecular flexibility index (Phi) is 8.91. The number of imide groups is 1. The van der Waals surface area contributed by atoms with Crippen LogP contribution < -0.4 is 11.1 Å². The summed E-state index contributed by atoms with van der Waals surface area (Å²) in [6.45, 7) is 7.36. The minimum Gasteiger partial charge on any atom is -0.388 e. The van der Waals surface area contributed by atoms with Crippen LogP contribution >= 0.6 is 0 Å². The normalized spacial score (nSPS) is 19.2. The van der Waals surface area contributed by atoms with Gasteiger partial charge in [-0.25, -0.2) is 0 Å². The van der Waals surface area contributed by atoms with E-state index in [0.29, 0.717) is 18.3 Å². The molecule has 40 heavy (non-hydrogen) atoms. The van der Waals surface area contributed by atoms with Gasteiger partial charge in [-0.15, -0.1) is 0 Å². The fraction of sp³-hybridized carbons (Fsp3) is 0.483. The number of rotatable bonds is 14. The Bertz CT molecular complexity index is 1350. The predicted molar refractivity (Wildman–Crippen MR) is 148 cm³/mol. The average molecular weight is 548 g/mol. The SMILES string of the molecule is Cc1nn(CCCCCCNC2=CC=C3C(=O)N(C(CCC=O)C(N)=O)C(=O)C3(C)C2)c(C)c1-c1cnccn1. The van der Waals surface area contributed by atoms with Gasteiger partial charge in [-0.05, 0) is 46.1 Å². The molecule has 0 bridgehead atoms. The van der Waals surface area contributed by atoms with E-state index in [2.05, 4.69) is 22.2 Å². The molecule has 212 valence electrons. The Labute approximate surface area is 233 Å². The van der Waals surface area contributed by atoms with Gasteiger partial charge in [-0.3, -0.25) is 33.9 Å². The summed E-state index contributed by atoms with van der Waals surface area (Å²) in [6, 6.07) is -1.13. The quantitative estimate of drug-likeness (QED) is 0.208. The van der Waals surface area contributed by atoms with E-state index in [1.807, 2.05) is 17.7 Å². The standard InChI is InChI=1S/C29H37N7O4/c1-19-25(23-18-31-13-14-33-23)20(2)35(34-19)15-7-5-4-6-12-32-21-10-11-22-27(39)36(28(40)29(22,3)17-21)24(26(30)38)9-8-16-37/h10-11,13-14,16,18,24,32H,4-9,12,15,17H2,1-3H3,(H2,30,38). The summed E-state index contributed by atoms with van der Waals surface area (Å²) in [7, 11) is 0. The molecule has 1 aliphatic heterocycles. The Morgan fingerprint density at radius 2 is 1.95 bits per heavy atom. The number of carbonyl (C=O) groups is 4. The monoisotopic (exact) mass is 547 g/mol. The molecule has 1 fully saturated rings. The van der Waals surface area contributed by atoms with Gasteiger partial charge in [0, 0.05) is 60.9 Å². The van der Waals surface area contributed by atoms with E-state index >= 15 is 0 Å². The second-order valence-electron chi connectivity index (χ2n) is 10.6. The number of nitrogens with zero attached hydrogens (tertiary/aromatic N) is 5. The van der Waals surface area contributed by atoms with E-state index < -0.39 is 29.2 Å². The molecule has 3 heterocycles. The first-order chi connectivity index (χ1) is 19.2. The molecule has 0 radical (unpaired) electrons. The van der Waals surface area contributed by atoms with Gasteiger partial charge in [0.2, 0.25) is 11.8 Å². The molecule has 2 unspecified atom stereocenters. The van der Waals surface area contributed by atoms with Crippen LogP contribution in [0.5, 0.6) is 0 Å². The van der Waals surface area contributed by atoms with Crippen molar-refractivity contribution in [3.8, 4) is 11.3 Å². The molecule has 3 N–H and O–H groups in total. The third kappa shape index (κ3) is 5.73. The molecule has 4 rings (SSSR count). The van der Waals surface area contributed by atoms with Gasteiger partial charge < -0.3 is 15.8 Å². The fourth-order valence-electron chi connectivity index (χ4n) is 5.62. The zero-order valence-corrected chi connectivity index (χ0v) is 23.4. The number of aromatic nitrogens is 4. The number of nitrogens with two attached hydrogens (primary N) is 1. The van der Waals surface area contributed by atoms with Crippen LogP contribution in [0.4, 0.5) is 0 Å². The van der Waals surface area contributed by atoms with Crippen molar-refractivity contribution < 1.29 is 19.2 Å². The van der Waals surface area contributed by atoms with Gasteiger partial charge in [-0.2, -0.15) is 5.10 Å². The lowest BCUT2D eigenvalue weighted by atomic mass is 9.77. The number of allylic oxidation sites excluding steroid dienone is 3. The Morgan fingerprint density at radius 3 is 2.65 bits per heavy atom. The predicted octanol–water partition coefficient (Wildman–Crippen LogP) is 2.53. The Morgan fingerprint density at radius 1 is 1.18 bits per heavy atom. The lowest BCUT2D eigenvalue weighted by Crippen LogP contribution is -2.49. The first-order valence-electron chi connectivity index (χ1n) is 13.8. The van der Waals surface area contributed by atoms with Crippen LogP contribution in [0.1, 0.15) is 63.3 Å². The summed E-state index contributed by atoms with van der Waals surface area (Å²) in [5, 5.41) is 8.10. The Hall–Kier alpha value is -4.15. The number of likely N-dealkylation sites (tertiary alicyclic amines) is 1. The summed E-state index contributed by atoms with van der Waals surface area (Å²) < 4.78 is 2.04. The minimum absolute atomic E-state index is 0.0284. The maximum atomic E-state index is 13.3. The van der Waals surface area contributed by atoms with Crippen LogP contribution in [0.15, 0.2) is 42.0 Å². The third-order valence-corrected chi connectivity index (χ3v) is 7.78. The molecule has 3 amide bonds. The molecule has 2 aromatic heterocycles. The molecule has 2 atom stereocenters. The van der Waals surface area contributed by atoms with Gasteiger partial charge in [0.1, 0.15) is 12.3 Å². The van der Waals surface area contributed by atoms with Crippen LogP contribution in [-0.4, -0.2) is 61.2 Å². The van der Waals surface area contributed by atoms with Crippen molar-refractivity contribution in [3.05, 3.63) is 53.4 Å². The number of aldehydes is 1. The first kappa shape index (κ1) is 28.8. The van der Waals surface area contributed by atoms with Gasteiger partial charge in [-0.1, -0.05) is 18.9 Å². The van der Waals surface area contributed by atoms with Crippen LogP contribution in [0.2, 0.25) is 0 Å². The number of nitrogens with one attached hydrogen (secondary N) is 1. The number of unbranched alkanes of at least 4 members (excludes halogenated alkanes) is 3. The summed E-state index contributed by atoms with van der Waals surface area (Å²) in [5.41, 5.74) is 9.56. The molecular formula is C29H37N7O4. The van der Waals surface area contributed by atoms with Crippen LogP contribution in [0.25, 0.3) is 11.3 Å². The average Bonchev–Trinajstić information content (AvgIpc) is 3.32. The molecule has 11 nitrogen and oxygen atoms in total. The Balaban J connectivity index is 1.23. The lowest BCUT2D eigenvalue weighted by molar-refractivity contribution is -0.148. The van der Waals surface area contributed by atoms with Crippen molar-refractivity contribution in [3.63, 3.8) is 0 Å². The van der Waals surface area contributed by atoms with Crippen molar-refractivity contribution >= 4 is 24.0 Å². The summed E-state index contributed by atoms with van der Waals surface area (Å²) in [4.78, 5) is 58.7. The molecule has 1 aliphatic carbocycles. The van der Waals surface area contributed by atoms with Crippen molar-refractivity contribution in [1.82, 2.24) is 30.0 Å². The van der Waals surface area contributed by atoms with Crippen molar-refractivity contribution in [2.45, 2.75) is 78.3 Å². The highest BCUT2D eigenvalue weighted by Crippen LogP contribution is 2.45. The summed E-state index contributed by atoms with van der Waals surface area (Å²) >= 11 is 0. The third-order valence-electron chi connectivity index (χ3n) is 7.78. The highest BCUT2D eigenvalue weighted by Gasteiger charge is 2.56. The van der Waals surface area contributed by atoms with E-state index in [1.54, 1.807) is 31.6 Å². The maximum absolute atomic E-state index is 13.3. The molecule has 2 aliphatic rings. The highest BCUT2D eigenvalue weighted by molar-refractivity contribution is 6.19. The second-order valence-corrected chi connectivity index (χ2v) is 10.6. The van der Waals surface area contributed by atoms with Crippen LogP contribution in [-0.2, 0) is 25.7 Å². The topological polar surface area (TPSA) is 153 Å². The molecular weight excluding hydrogens is 510 g/mol. The smallest absolute Gasteiger partial charge is 0.258 e. The zero-order chi connectivity index (χ0) is 28.9. The summed E-state index contributed by atoms with van der Waals surface area (Å²) in [6.07, 6.45) is 13.7. The van der Waals surface area contributed by atoms with Crippen molar-refractivity contribution in [1.29, 1.82) is 0 Å². The van der Waals surface area contributed by atoms with Crippen molar-refractivity contribution in [2.24, 2.45) is 11.1 Å². The zero-order valence-electron chi connectivity index (χ0n) is 23.4. The van der Waals surface area contributed by atoms with Crippen LogP contribution in [0.3, 0.4) is 0 Å². The van der Waals surface area contributed by atoms with Crippen molar-refractivity contribution in [2.75, 3.05) is 6.54 Å². The molecule has 0 aromatic carbocycles. The highest BCUT2D eigenvalue weighted by atomic mass is 16.2. The number of primary amides is 1. The van der Waals surface area contributed by atoms with Crippen LogP contribution in [0, 0.1) is 19.3 Å². The molecule has 2 aromatic rings. The lowest BCUT2D eigenvalue weighted by Gasteiger charge is -2.28. The largest absolute Gasteiger partial charge is 0.388 e. The molecule has 1 saturated heterocycles. The second kappa shape index (κ2) is 12.4. The van der Waals surface area contributed by atoms with Gasteiger partial charge in [0.05, 0.1) is 23.0 Å². The summed E-state index contributed by atoms with van der Waals surface area (Å²) in [5.74, 6) is -1.75. The molecule has 0 saturated carbocycles. The molecule has 11 heteroatoms. The fourth-order valence-corrected chi connectivity index (χ4v) is 5.62. The van der Waals surface area contributed by atoms with E-state index in [1.165, 1.54) is 0 Å². The van der Waals surface area contributed by atoms with E-state index in [0.717, 1.165) is 72.0 Å². The maximum Gasteiger partial charge on any atom is 0.258 e. The van der Waals surface area contributed by atoms with E-state index in [9.17, 15) is 19.2 Å². The van der Waals surface area contributed by atoms with Gasteiger partial charge in [0.25, 0.3) is 5.91 Å². The first-order valence-corrected chi connectivity index (χ1v) is 13.8. The number of carbonyl (C=O) groups excluding carboxylic acids is 4. The van der Waals surface area contributed by atoms with Gasteiger partial charge in [0.15, 0.2) is 0 Å². The number of fused-ring (bicyclic) bond motifs is 1. The minimum atomic E-state index is -1.13.